The molecule has 25 heavy (non-hydrogen) atoms. The maximum Gasteiger partial charge on any atom is 0.308 e. The third-order valence-electron chi connectivity index (χ3n) is 4.60. The molecule has 2 atom stereocenters. The molecule has 1 aromatic carbocycles. The van der Waals surface area contributed by atoms with Crippen LogP contribution in [0.2, 0.25) is 5.02 Å². The second kappa shape index (κ2) is 7.54. The highest BCUT2D eigenvalue weighted by Crippen LogP contribution is 2.27. The van der Waals surface area contributed by atoms with Crippen LogP contribution >= 0.6 is 22.9 Å². The number of carbonyl (C=O) groups is 2. The van der Waals surface area contributed by atoms with E-state index < -0.39 is 11.9 Å². The maximum atomic E-state index is 12.6. The van der Waals surface area contributed by atoms with Gasteiger partial charge in [-0.25, -0.2) is 4.98 Å². The van der Waals surface area contributed by atoms with Crippen molar-refractivity contribution in [3.63, 3.8) is 0 Å². The van der Waals surface area contributed by atoms with Crippen LogP contribution in [-0.2, 0) is 16.0 Å². The average molecular weight is 379 g/mol. The summed E-state index contributed by atoms with van der Waals surface area (Å²) in [5, 5.41) is 12.7. The standard InChI is InChI=1S/C18H19ClN2O3S/c1-11-15(18(23)24)3-2-8-21(11)16(22)9-14-10-25-17(20-14)12-4-6-13(19)7-5-12/h4-7,10-11,15H,2-3,8-9H2,1H3,(H,23,24)/t11-,15-/m1/s1. The number of carbonyl (C=O) groups excluding carboxylic acids is 1. The third kappa shape index (κ3) is 4.02. The first-order valence-electron chi connectivity index (χ1n) is 8.18. The van der Waals surface area contributed by atoms with E-state index in [4.69, 9.17) is 11.6 Å². The number of aromatic nitrogens is 1. The summed E-state index contributed by atoms with van der Waals surface area (Å²) in [6, 6.07) is 7.14. The Kier molecular flexibility index (Phi) is 5.39. The lowest BCUT2D eigenvalue weighted by Crippen LogP contribution is -2.49. The minimum absolute atomic E-state index is 0.0635. The van der Waals surface area contributed by atoms with Gasteiger partial charge in [-0.15, -0.1) is 11.3 Å². The molecule has 0 radical (unpaired) electrons. The monoisotopic (exact) mass is 378 g/mol. The lowest BCUT2D eigenvalue weighted by atomic mass is 9.90. The smallest absolute Gasteiger partial charge is 0.308 e. The van der Waals surface area contributed by atoms with E-state index in [1.165, 1.54) is 11.3 Å². The number of carboxylic acids is 1. The number of likely N-dealkylation sites (tertiary alicyclic amines) is 1. The summed E-state index contributed by atoms with van der Waals surface area (Å²) in [6.07, 6.45) is 1.54. The quantitative estimate of drug-likeness (QED) is 0.880. The first-order valence-corrected chi connectivity index (χ1v) is 9.44. The highest BCUT2D eigenvalue weighted by atomic mass is 35.5. The van der Waals surface area contributed by atoms with Crippen molar-refractivity contribution >= 4 is 34.8 Å². The molecule has 0 bridgehead atoms. The summed E-state index contributed by atoms with van der Waals surface area (Å²) in [4.78, 5) is 30.2. The van der Waals surface area contributed by atoms with Crippen LogP contribution in [0.15, 0.2) is 29.6 Å². The molecule has 5 nitrogen and oxygen atoms in total. The van der Waals surface area contributed by atoms with E-state index in [0.717, 1.165) is 17.0 Å². The fourth-order valence-corrected chi connectivity index (χ4v) is 4.15. The van der Waals surface area contributed by atoms with Crippen molar-refractivity contribution in [2.75, 3.05) is 6.54 Å². The number of amides is 1. The van der Waals surface area contributed by atoms with Crippen molar-refractivity contribution < 1.29 is 14.7 Å². The molecule has 1 N–H and O–H groups in total. The van der Waals surface area contributed by atoms with Crippen LogP contribution in [-0.4, -0.2) is 39.5 Å². The number of hydrogen-bond acceptors (Lipinski definition) is 4. The summed E-state index contributed by atoms with van der Waals surface area (Å²) < 4.78 is 0. The molecule has 2 heterocycles. The summed E-state index contributed by atoms with van der Waals surface area (Å²) in [5.74, 6) is -1.38. The molecule has 0 unspecified atom stereocenters. The van der Waals surface area contributed by atoms with E-state index in [2.05, 4.69) is 4.98 Å². The van der Waals surface area contributed by atoms with Gasteiger partial charge in [-0.3, -0.25) is 9.59 Å². The lowest BCUT2D eigenvalue weighted by molar-refractivity contribution is -0.148. The Morgan fingerprint density at radius 2 is 2.08 bits per heavy atom. The fourth-order valence-electron chi connectivity index (χ4n) is 3.19. The van der Waals surface area contributed by atoms with Gasteiger partial charge in [0.2, 0.25) is 5.91 Å². The largest absolute Gasteiger partial charge is 0.481 e. The van der Waals surface area contributed by atoms with E-state index in [1.807, 2.05) is 36.6 Å². The van der Waals surface area contributed by atoms with Gasteiger partial charge in [0.25, 0.3) is 0 Å². The molecule has 0 aliphatic carbocycles. The Morgan fingerprint density at radius 3 is 2.76 bits per heavy atom. The van der Waals surface area contributed by atoms with Crippen molar-refractivity contribution in [2.45, 2.75) is 32.2 Å². The SMILES string of the molecule is C[C@@H]1[C@H](C(=O)O)CCCN1C(=O)Cc1csc(-c2ccc(Cl)cc2)n1. The van der Waals surface area contributed by atoms with Gasteiger partial charge in [0.15, 0.2) is 0 Å². The van der Waals surface area contributed by atoms with Gasteiger partial charge in [-0.1, -0.05) is 23.7 Å². The Hall–Kier alpha value is -1.92. The number of carboxylic acid groups (broad SMARTS) is 1. The normalized spacial score (nSPS) is 20.5. The first-order chi connectivity index (χ1) is 12.0. The number of halogens is 1. The summed E-state index contributed by atoms with van der Waals surface area (Å²) >= 11 is 7.38. The minimum Gasteiger partial charge on any atom is -0.481 e. The molecule has 2 aromatic rings. The summed E-state index contributed by atoms with van der Waals surface area (Å²) in [7, 11) is 0. The summed E-state index contributed by atoms with van der Waals surface area (Å²) in [6.45, 7) is 2.42. The van der Waals surface area contributed by atoms with E-state index in [0.29, 0.717) is 23.7 Å². The zero-order valence-corrected chi connectivity index (χ0v) is 15.4. The van der Waals surface area contributed by atoms with Gasteiger partial charge in [-0.05, 0) is 31.9 Å². The molecule has 132 valence electrons. The van der Waals surface area contributed by atoms with Crippen LogP contribution in [0, 0.1) is 5.92 Å². The van der Waals surface area contributed by atoms with E-state index in [1.54, 1.807) is 4.90 Å². The van der Waals surface area contributed by atoms with Crippen molar-refractivity contribution in [3.8, 4) is 10.6 Å². The second-order valence-corrected chi connectivity index (χ2v) is 7.54. The Bertz CT molecular complexity index is 775. The molecule has 1 amide bonds. The molecular weight excluding hydrogens is 360 g/mol. The third-order valence-corrected chi connectivity index (χ3v) is 5.79. The zero-order chi connectivity index (χ0) is 18.0. The number of piperidine rings is 1. The first kappa shape index (κ1) is 17.9. The van der Waals surface area contributed by atoms with Gasteiger partial charge in [0.05, 0.1) is 18.0 Å². The molecule has 1 aliphatic rings. The highest BCUT2D eigenvalue weighted by Gasteiger charge is 2.35. The molecule has 1 saturated heterocycles. The molecule has 0 spiro atoms. The number of aliphatic carboxylic acids is 1. The van der Waals surface area contributed by atoms with Crippen LogP contribution in [0.1, 0.15) is 25.5 Å². The van der Waals surface area contributed by atoms with Gasteiger partial charge in [-0.2, -0.15) is 0 Å². The Labute approximate surface area is 155 Å². The van der Waals surface area contributed by atoms with Gasteiger partial charge < -0.3 is 10.0 Å². The van der Waals surface area contributed by atoms with Crippen molar-refractivity contribution in [1.29, 1.82) is 0 Å². The van der Waals surface area contributed by atoms with Crippen molar-refractivity contribution in [3.05, 3.63) is 40.4 Å². The number of thiazole rings is 1. The van der Waals surface area contributed by atoms with Crippen LogP contribution < -0.4 is 0 Å². The lowest BCUT2D eigenvalue weighted by Gasteiger charge is -2.37. The van der Waals surface area contributed by atoms with Gasteiger partial charge in [0, 0.05) is 28.6 Å². The van der Waals surface area contributed by atoms with Crippen LogP contribution in [0.3, 0.4) is 0 Å². The average Bonchev–Trinajstić information content (AvgIpc) is 3.03. The summed E-state index contributed by atoms with van der Waals surface area (Å²) in [5.41, 5.74) is 1.68. The predicted molar refractivity (Wildman–Crippen MR) is 97.8 cm³/mol. The molecule has 1 aliphatic heterocycles. The predicted octanol–water partition coefficient (Wildman–Crippen LogP) is 3.72. The Balaban J connectivity index is 1.69. The van der Waals surface area contributed by atoms with Crippen molar-refractivity contribution in [1.82, 2.24) is 9.88 Å². The molecule has 0 saturated carbocycles. The molecule has 7 heteroatoms. The number of benzene rings is 1. The number of nitrogens with zero attached hydrogens (tertiary/aromatic N) is 2. The highest BCUT2D eigenvalue weighted by molar-refractivity contribution is 7.13. The van der Waals surface area contributed by atoms with Gasteiger partial charge in [0.1, 0.15) is 5.01 Å². The minimum atomic E-state index is -0.830. The van der Waals surface area contributed by atoms with Crippen LogP contribution in [0.5, 0.6) is 0 Å². The fraction of sp³-hybridized carbons (Fsp3) is 0.389. The zero-order valence-electron chi connectivity index (χ0n) is 13.8. The number of rotatable bonds is 4. The second-order valence-electron chi connectivity index (χ2n) is 6.24. The topological polar surface area (TPSA) is 70.5 Å². The molecular formula is C18H19ClN2O3S. The molecule has 3 rings (SSSR count). The van der Waals surface area contributed by atoms with Gasteiger partial charge >= 0.3 is 5.97 Å². The maximum absolute atomic E-state index is 12.6. The van der Waals surface area contributed by atoms with Crippen LogP contribution in [0.4, 0.5) is 0 Å². The number of hydrogen-bond donors (Lipinski definition) is 1. The van der Waals surface area contributed by atoms with E-state index in [9.17, 15) is 14.7 Å². The Morgan fingerprint density at radius 1 is 1.36 bits per heavy atom. The van der Waals surface area contributed by atoms with Crippen molar-refractivity contribution in [2.24, 2.45) is 5.92 Å². The molecule has 1 aromatic heterocycles. The molecule has 1 fully saturated rings. The van der Waals surface area contributed by atoms with E-state index >= 15 is 0 Å². The van der Waals surface area contributed by atoms with Crippen LogP contribution in [0.25, 0.3) is 10.6 Å². The van der Waals surface area contributed by atoms with E-state index in [-0.39, 0.29) is 18.4 Å².